The van der Waals surface area contributed by atoms with Crippen LogP contribution in [0.2, 0.25) is 0 Å². The van der Waals surface area contributed by atoms with Gasteiger partial charge in [-0.1, -0.05) is 0 Å². The van der Waals surface area contributed by atoms with Crippen LogP contribution in [-0.2, 0) is 4.74 Å². The Bertz CT molecular complexity index is 487. The van der Waals surface area contributed by atoms with Crippen LogP contribution in [0.4, 0.5) is 11.5 Å². The largest absolute Gasteiger partial charge is 0.462 e. The fraction of sp³-hybridized carbons (Fsp3) is 0.600. The van der Waals surface area contributed by atoms with Gasteiger partial charge in [0.25, 0.3) is 0 Å². The van der Waals surface area contributed by atoms with Gasteiger partial charge in [-0.05, 0) is 45.8 Å². The molecule has 1 aromatic rings. The highest BCUT2D eigenvalue weighted by atomic mass is 16.5. The zero-order valence-electron chi connectivity index (χ0n) is 12.8. The number of nitrogens with zero attached hydrogens (tertiary/aromatic N) is 2. The summed E-state index contributed by atoms with van der Waals surface area (Å²) < 4.78 is 4.99. The van der Waals surface area contributed by atoms with E-state index in [-0.39, 0.29) is 6.04 Å². The molecule has 3 N–H and O–H groups in total. The Morgan fingerprint density at radius 3 is 2.90 bits per heavy atom. The number of pyridine rings is 1. The molecule has 1 aliphatic heterocycles. The molecule has 0 spiro atoms. The first-order chi connectivity index (χ1) is 10.1. The molecule has 1 aromatic heterocycles. The predicted octanol–water partition coefficient (Wildman–Crippen LogP) is 1.74. The highest BCUT2D eigenvalue weighted by Crippen LogP contribution is 2.22. The molecule has 0 bridgehead atoms. The number of aromatic nitrogens is 1. The number of rotatable bonds is 6. The third-order valence-corrected chi connectivity index (χ3v) is 3.60. The van der Waals surface area contributed by atoms with Crippen molar-refractivity contribution < 1.29 is 9.53 Å². The van der Waals surface area contributed by atoms with Crippen molar-refractivity contribution in [1.82, 2.24) is 9.88 Å². The van der Waals surface area contributed by atoms with E-state index in [1.54, 1.807) is 19.2 Å². The Kier molecular flexibility index (Phi) is 5.38. The lowest BCUT2D eigenvalue weighted by atomic mass is 10.2. The number of ether oxygens (including phenoxy) is 1. The zero-order chi connectivity index (χ0) is 15.2. The second-order valence-corrected chi connectivity index (χ2v) is 5.39. The molecule has 1 fully saturated rings. The standard InChI is InChI=1S/C15H24N4O2/c1-3-21-15(20)12-6-7-17-14(13(12)16)18-11(2)10-19-8-4-5-9-19/h6-7,11H,3-5,8-10,16H2,1-2H3,(H,17,18). The Morgan fingerprint density at radius 1 is 1.52 bits per heavy atom. The quantitative estimate of drug-likeness (QED) is 0.777. The number of carbonyl (C=O) groups is 1. The molecule has 1 unspecified atom stereocenters. The molecule has 116 valence electrons. The molecule has 1 atom stereocenters. The van der Waals surface area contributed by atoms with Gasteiger partial charge in [0.2, 0.25) is 0 Å². The van der Waals surface area contributed by atoms with Crippen molar-refractivity contribution in [2.45, 2.75) is 32.7 Å². The van der Waals surface area contributed by atoms with Crippen LogP contribution in [-0.4, -0.2) is 48.1 Å². The maximum atomic E-state index is 11.8. The van der Waals surface area contributed by atoms with Gasteiger partial charge >= 0.3 is 5.97 Å². The summed E-state index contributed by atoms with van der Waals surface area (Å²) in [4.78, 5) is 18.5. The Hall–Kier alpha value is -1.82. The van der Waals surface area contributed by atoms with Crippen molar-refractivity contribution >= 4 is 17.5 Å². The number of nitrogen functional groups attached to an aromatic ring is 1. The molecule has 0 saturated carbocycles. The van der Waals surface area contributed by atoms with Gasteiger partial charge in [0, 0.05) is 18.8 Å². The first-order valence-corrected chi connectivity index (χ1v) is 7.52. The van der Waals surface area contributed by atoms with Gasteiger partial charge in [-0.15, -0.1) is 0 Å². The number of nitrogens with one attached hydrogen (secondary N) is 1. The molecular formula is C15H24N4O2. The number of anilines is 2. The molecule has 6 heteroatoms. The average molecular weight is 292 g/mol. The molecule has 0 radical (unpaired) electrons. The minimum absolute atomic E-state index is 0.218. The molecule has 21 heavy (non-hydrogen) atoms. The molecule has 2 heterocycles. The van der Waals surface area contributed by atoms with E-state index >= 15 is 0 Å². The fourth-order valence-corrected chi connectivity index (χ4v) is 2.61. The smallest absolute Gasteiger partial charge is 0.340 e. The SMILES string of the molecule is CCOC(=O)c1ccnc(NC(C)CN2CCCC2)c1N. The molecule has 6 nitrogen and oxygen atoms in total. The maximum absolute atomic E-state index is 11.8. The van der Waals surface area contributed by atoms with Crippen molar-refractivity contribution in [2.75, 3.05) is 37.3 Å². The molecule has 1 saturated heterocycles. The van der Waals surface area contributed by atoms with Crippen LogP contribution < -0.4 is 11.1 Å². The van der Waals surface area contributed by atoms with Crippen LogP contribution in [0.1, 0.15) is 37.0 Å². The highest BCUT2D eigenvalue weighted by molar-refractivity contribution is 5.97. The third kappa shape index (κ3) is 4.07. The molecule has 2 rings (SSSR count). The van der Waals surface area contributed by atoms with E-state index in [9.17, 15) is 4.79 Å². The first-order valence-electron chi connectivity index (χ1n) is 7.52. The molecule has 0 amide bonds. The summed E-state index contributed by atoms with van der Waals surface area (Å²) in [6, 6.07) is 1.80. The van der Waals surface area contributed by atoms with Crippen LogP contribution in [0.5, 0.6) is 0 Å². The second kappa shape index (κ2) is 7.26. The Balaban J connectivity index is 2.02. The van der Waals surface area contributed by atoms with Gasteiger partial charge in [0.05, 0.1) is 17.9 Å². The van der Waals surface area contributed by atoms with E-state index in [2.05, 4.69) is 22.1 Å². The molecular weight excluding hydrogens is 268 g/mol. The molecule has 0 aliphatic carbocycles. The van der Waals surface area contributed by atoms with Crippen LogP contribution >= 0.6 is 0 Å². The first kappa shape index (κ1) is 15.6. The fourth-order valence-electron chi connectivity index (χ4n) is 2.61. The summed E-state index contributed by atoms with van der Waals surface area (Å²) in [6.07, 6.45) is 4.12. The summed E-state index contributed by atoms with van der Waals surface area (Å²) in [5.74, 6) is 0.139. The van der Waals surface area contributed by atoms with Gasteiger partial charge in [0.15, 0.2) is 0 Å². The van der Waals surface area contributed by atoms with Gasteiger partial charge in [-0.25, -0.2) is 9.78 Å². The lowest BCUT2D eigenvalue weighted by Gasteiger charge is -2.22. The van der Waals surface area contributed by atoms with E-state index in [1.807, 2.05) is 0 Å². The van der Waals surface area contributed by atoms with Gasteiger partial charge in [-0.3, -0.25) is 0 Å². The monoisotopic (exact) mass is 292 g/mol. The number of hydrogen-bond donors (Lipinski definition) is 2. The van der Waals surface area contributed by atoms with Crippen LogP contribution in [0, 0.1) is 0 Å². The van der Waals surface area contributed by atoms with Crippen molar-refractivity contribution in [2.24, 2.45) is 0 Å². The Morgan fingerprint density at radius 2 is 2.24 bits per heavy atom. The van der Waals surface area contributed by atoms with Crippen molar-refractivity contribution in [3.05, 3.63) is 17.8 Å². The summed E-state index contributed by atoms with van der Waals surface area (Å²) in [6.45, 7) is 7.44. The topological polar surface area (TPSA) is 80.5 Å². The summed E-state index contributed by atoms with van der Waals surface area (Å²) in [5, 5.41) is 3.29. The van der Waals surface area contributed by atoms with Crippen LogP contribution in [0.15, 0.2) is 12.3 Å². The second-order valence-electron chi connectivity index (χ2n) is 5.39. The maximum Gasteiger partial charge on any atom is 0.340 e. The van der Waals surface area contributed by atoms with Crippen LogP contribution in [0.25, 0.3) is 0 Å². The molecule has 1 aliphatic rings. The highest BCUT2D eigenvalue weighted by Gasteiger charge is 2.18. The number of hydrogen-bond acceptors (Lipinski definition) is 6. The van der Waals surface area contributed by atoms with E-state index in [1.165, 1.54) is 12.8 Å². The molecule has 0 aromatic carbocycles. The van der Waals surface area contributed by atoms with E-state index in [0.717, 1.165) is 19.6 Å². The number of nitrogens with two attached hydrogens (primary N) is 1. The normalized spacial score (nSPS) is 16.7. The van der Waals surface area contributed by atoms with Crippen molar-refractivity contribution in [3.8, 4) is 0 Å². The summed E-state index contributed by atoms with van der Waals surface area (Å²) in [5.41, 5.74) is 6.75. The predicted molar refractivity (Wildman–Crippen MR) is 83.4 cm³/mol. The zero-order valence-corrected chi connectivity index (χ0v) is 12.8. The van der Waals surface area contributed by atoms with E-state index in [0.29, 0.717) is 23.7 Å². The lowest BCUT2D eigenvalue weighted by molar-refractivity contribution is 0.0527. The average Bonchev–Trinajstić information content (AvgIpc) is 2.94. The van der Waals surface area contributed by atoms with Gasteiger partial charge in [-0.2, -0.15) is 0 Å². The number of esters is 1. The van der Waals surface area contributed by atoms with Gasteiger partial charge < -0.3 is 20.7 Å². The number of likely N-dealkylation sites (tertiary alicyclic amines) is 1. The summed E-state index contributed by atoms with van der Waals surface area (Å²) in [7, 11) is 0. The lowest BCUT2D eigenvalue weighted by Crippen LogP contribution is -2.33. The van der Waals surface area contributed by atoms with Crippen molar-refractivity contribution in [3.63, 3.8) is 0 Å². The van der Waals surface area contributed by atoms with Crippen LogP contribution in [0.3, 0.4) is 0 Å². The third-order valence-electron chi connectivity index (χ3n) is 3.60. The van der Waals surface area contributed by atoms with Gasteiger partial charge in [0.1, 0.15) is 5.82 Å². The van der Waals surface area contributed by atoms with Crippen molar-refractivity contribution in [1.29, 1.82) is 0 Å². The Labute approximate surface area is 125 Å². The minimum atomic E-state index is -0.410. The van der Waals surface area contributed by atoms with E-state index < -0.39 is 5.97 Å². The van der Waals surface area contributed by atoms with E-state index in [4.69, 9.17) is 10.5 Å². The minimum Gasteiger partial charge on any atom is -0.462 e. The number of carbonyl (C=O) groups excluding carboxylic acids is 1. The summed E-state index contributed by atoms with van der Waals surface area (Å²) >= 11 is 0.